The number of nitrogens with zero attached hydrogens (tertiary/aromatic N) is 3. The molecule has 32 heavy (non-hydrogen) atoms. The highest BCUT2D eigenvalue weighted by molar-refractivity contribution is 7.23. The Hall–Kier alpha value is -2.66. The smallest absolute Gasteiger partial charge is 0.419 e. The molecule has 1 fully saturated rings. The minimum absolute atomic E-state index is 0.124. The average Bonchev–Trinajstić information content (AvgIpc) is 3.43. The third-order valence-corrected chi connectivity index (χ3v) is 7.13. The van der Waals surface area contributed by atoms with Gasteiger partial charge in [-0.3, -0.25) is 4.79 Å². The van der Waals surface area contributed by atoms with Crippen molar-refractivity contribution in [3.05, 3.63) is 47.1 Å². The average molecular weight is 484 g/mol. The van der Waals surface area contributed by atoms with Crippen molar-refractivity contribution in [1.82, 2.24) is 9.97 Å². The summed E-state index contributed by atoms with van der Waals surface area (Å²) in [5, 5.41) is 3.45. The van der Waals surface area contributed by atoms with Crippen molar-refractivity contribution in [1.29, 1.82) is 0 Å². The van der Waals surface area contributed by atoms with Crippen molar-refractivity contribution in [3.8, 4) is 15.6 Å². The van der Waals surface area contributed by atoms with Crippen molar-refractivity contribution < 1.29 is 27.4 Å². The maximum absolute atomic E-state index is 13.2. The van der Waals surface area contributed by atoms with Crippen LogP contribution in [0.4, 0.5) is 18.3 Å². The highest BCUT2D eigenvalue weighted by atomic mass is 32.1. The predicted molar refractivity (Wildman–Crippen MR) is 116 cm³/mol. The number of carbonyl (C=O) groups is 1. The summed E-state index contributed by atoms with van der Waals surface area (Å²) in [5.41, 5.74) is -0.0917. The van der Waals surface area contributed by atoms with Gasteiger partial charge >= 0.3 is 12.1 Å². The van der Waals surface area contributed by atoms with E-state index in [1.807, 2.05) is 5.38 Å². The number of piperidine rings is 1. The lowest BCUT2D eigenvalue weighted by Gasteiger charge is -2.32. The zero-order valence-corrected chi connectivity index (χ0v) is 18.7. The van der Waals surface area contributed by atoms with Crippen LogP contribution in [-0.2, 0) is 22.1 Å². The number of thiazole rings is 2. The molecule has 3 heterocycles. The number of ether oxygens (including phenoxy) is 2. The zero-order chi connectivity index (χ0) is 22.7. The summed E-state index contributed by atoms with van der Waals surface area (Å²) in [6.45, 7) is 1.27. The number of esters is 1. The lowest BCUT2D eigenvalue weighted by atomic mass is 10.1. The number of hydrogen-bond donors (Lipinski definition) is 0. The molecule has 11 heteroatoms. The lowest BCUT2D eigenvalue weighted by molar-refractivity contribution is -0.140. The van der Waals surface area contributed by atoms with E-state index in [2.05, 4.69) is 19.6 Å². The van der Waals surface area contributed by atoms with Crippen LogP contribution in [0.1, 0.15) is 24.1 Å². The number of anilines is 1. The Bertz CT molecular complexity index is 1080. The van der Waals surface area contributed by atoms with Gasteiger partial charge < -0.3 is 14.4 Å². The molecule has 0 spiro atoms. The number of aromatic nitrogens is 2. The molecular formula is C21H20F3N3O3S2. The molecule has 0 aliphatic carbocycles. The number of halogens is 3. The number of benzene rings is 1. The SMILES string of the molecule is COC(=O)Cc1csc(-c2cnc(N3CCC(Oc4ccccc4C(F)(F)F)CC3)s2)n1. The van der Waals surface area contributed by atoms with Gasteiger partial charge in [0, 0.05) is 31.3 Å². The Morgan fingerprint density at radius 2 is 2.00 bits per heavy atom. The largest absolute Gasteiger partial charge is 0.490 e. The summed E-state index contributed by atoms with van der Waals surface area (Å²) in [4.78, 5) is 23.4. The van der Waals surface area contributed by atoms with Crippen LogP contribution in [0.5, 0.6) is 5.75 Å². The second-order valence-electron chi connectivity index (χ2n) is 7.20. The van der Waals surface area contributed by atoms with E-state index in [1.165, 1.54) is 41.9 Å². The molecule has 1 aromatic carbocycles. The first-order valence-corrected chi connectivity index (χ1v) is 11.6. The molecule has 1 aliphatic heterocycles. The monoisotopic (exact) mass is 483 g/mol. The molecule has 0 unspecified atom stereocenters. The van der Waals surface area contributed by atoms with Crippen molar-refractivity contribution in [2.24, 2.45) is 0 Å². The normalized spacial score (nSPS) is 15.1. The van der Waals surface area contributed by atoms with Crippen molar-refractivity contribution in [3.63, 3.8) is 0 Å². The molecule has 0 amide bonds. The van der Waals surface area contributed by atoms with Gasteiger partial charge in [0.1, 0.15) is 16.9 Å². The van der Waals surface area contributed by atoms with Crippen LogP contribution in [-0.4, -0.2) is 42.2 Å². The van der Waals surface area contributed by atoms with Crippen LogP contribution in [0.3, 0.4) is 0 Å². The van der Waals surface area contributed by atoms with Crippen LogP contribution < -0.4 is 9.64 Å². The molecule has 2 aromatic heterocycles. The fraction of sp³-hybridized carbons (Fsp3) is 0.381. The zero-order valence-electron chi connectivity index (χ0n) is 17.1. The highest BCUT2D eigenvalue weighted by Crippen LogP contribution is 2.38. The molecule has 1 saturated heterocycles. The molecule has 3 aromatic rings. The molecular weight excluding hydrogens is 463 g/mol. The fourth-order valence-corrected chi connectivity index (χ4v) is 5.22. The van der Waals surface area contributed by atoms with E-state index in [4.69, 9.17) is 4.74 Å². The summed E-state index contributed by atoms with van der Waals surface area (Å²) in [6.07, 6.45) is -1.65. The van der Waals surface area contributed by atoms with Crippen LogP contribution in [0.15, 0.2) is 35.8 Å². The Labute approximate surface area is 190 Å². The van der Waals surface area contributed by atoms with Crippen LogP contribution in [0, 0.1) is 0 Å². The lowest BCUT2D eigenvalue weighted by Crippen LogP contribution is -2.38. The molecule has 0 saturated carbocycles. The molecule has 0 radical (unpaired) electrons. The summed E-state index contributed by atoms with van der Waals surface area (Å²) in [5.74, 6) is -0.462. The Balaban J connectivity index is 1.36. The molecule has 6 nitrogen and oxygen atoms in total. The quantitative estimate of drug-likeness (QED) is 0.458. The Kier molecular flexibility index (Phi) is 6.66. The highest BCUT2D eigenvalue weighted by Gasteiger charge is 2.35. The van der Waals surface area contributed by atoms with E-state index in [0.29, 0.717) is 31.6 Å². The second kappa shape index (κ2) is 9.45. The van der Waals surface area contributed by atoms with Gasteiger partial charge in [-0.1, -0.05) is 23.5 Å². The van der Waals surface area contributed by atoms with E-state index in [9.17, 15) is 18.0 Å². The summed E-state index contributed by atoms with van der Waals surface area (Å²) in [7, 11) is 1.34. The maximum atomic E-state index is 13.2. The Morgan fingerprint density at radius 3 is 2.72 bits per heavy atom. The summed E-state index contributed by atoms with van der Waals surface area (Å²) in [6, 6.07) is 5.31. The van der Waals surface area contributed by atoms with E-state index in [-0.39, 0.29) is 24.2 Å². The van der Waals surface area contributed by atoms with Gasteiger partial charge in [0.05, 0.1) is 35.9 Å². The van der Waals surface area contributed by atoms with E-state index in [0.717, 1.165) is 21.1 Å². The molecule has 0 N–H and O–H groups in total. The predicted octanol–water partition coefficient (Wildman–Crippen LogP) is 5.05. The summed E-state index contributed by atoms with van der Waals surface area (Å²) < 4.78 is 49.9. The fourth-order valence-electron chi connectivity index (χ4n) is 3.38. The van der Waals surface area contributed by atoms with Gasteiger partial charge in [0.25, 0.3) is 0 Å². The minimum atomic E-state index is -4.44. The van der Waals surface area contributed by atoms with Gasteiger partial charge in [-0.05, 0) is 12.1 Å². The van der Waals surface area contributed by atoms with Crippen LogP contribution in [0.25, 0.3) is 9.88 Å². The standard InChI is InChI=1S/C21H20F3N3O3S2/c1-29-18(28)10-13-12-31-19(26-13)17-11-25-20(32-17)27-8-6-14(7-9-27)30-16-5-3-2-4-15(16)21(22,23)24/h2-5,11-12,14H,6-10H2,1H3. The molecule has 170 valence electrons. The maximum Gasteiger partial charge on any atom is 0.419 e. The van der Waals surface area contributed by atoms with Crippen LogP contribution >= 0.6 is 22.7 Å². The number of hydrogen-bond acceptors (Lipinski definition) is 8. The van der Waals surface area contributed by atoms with Crippen molar-refractivity contribution >= 4 is 33.8 Å². The van der Waals surface area contributed by atoms with Crippen molar-refractivity contribution in [2.45, 2.75) is 31.5 Å². The van der Waals surface area contributed by atoms with Crippen LogP contribution in [0.2, 0.25) is 0 Å². The number of carbonyl (C=O) groups excluding carboxylic acids is 1. The molecule has 4 rings (SSSR count). The van der Waals surface area contributed by atoms with E-state index in [1.54, 1.807) is 12.3 Å². The first-order valence-electron chi connectivity index (χ1n) is 9.88. The van der Waals surface area contributed by atoms with Gasteiger partial charge in [0.2, 0.25) is 0 Å². The summed E-state index contributed by atoms with van der Waals surface area (Å²) >= 11 is 2.94. The number of alkyl halides is 3. The van der Waals surface area contributed by atoms with Gasteiger partial charge in [-0.15, -0.1) is 11.3 Å². The minimum Gasteiger partial charge on any atom is -0.490 e. The van der Waals surface area contributed by atoms with E-state index < -0.39 is 11.7 Å². The molecule has 1 aliphatic rings. The number of methoxy groups -OCH3 is 1. The second-order valence-corrected chi connectivity index (χ2v) is 9.07. The molecule has 0 bridgehead atoms. The number of rotatable bonds is 6. The molecule has 0 atom stereocenters. The van der Waals surface area contributed by atoms with E-state index >= 15 is 0 Å². The van der Waals surface area contributed by atoms with Crippen molar-refractivity contribution in [2.75, 3.05) is 25.1 Å². The van der Waals surface area contributed by atoms with Gasteiger partial charge in [-0.25, -0.2) is 9.97 Å². The third kappa shape index (κ3) is 5.21. The topological polar surface area (TPSA) is 64.5 Å². The Morgan fingerprint density at radius 1 is 1.25 bits per heavy atom. The van der Waals surface area contributed by atoms with Gasteiger partial charge in [-0.2, -0.15) is 13.2 Å². The number of para-hydroxylation sites is 1. The first kappa shape index (κ1) is 22.5. The first-order chi connectivity index (χ1) is 15.3. The third-order valence-electron chi connectivity index (χ3n) is 5.01. The van der Waals surface area contributed by atoms with Gasteiger partial charge in [0.15, 0.2) is 5.13 Å².